The molecule has 0 bridgehead atoms. The van der Waals surface area contributed by atoms with Crippen molar-refractivity contribution in [3.8, 4) is 0 Å². The van der Waals surface area contributed by atoms with Crippen LogP contribution in [0.25, 0.3) is 0 Å². The predicted octanol–water partition coefficient (Wildman–Crippen LogP) is 0.144. The summed E-state index contributed by atoms with van der Waals surface area (Å²) in [6.07, 6.45) is 0. The summed E-state index contributed by atoms with van der Waals surface area (Å²) >= 11 is 0.192. The number of aromatic nitrogens is 2. The third kappa shape index (κ3) is 2.75. The molecule has 1 aromatic rings. The second-order valence-electron chi connectivity index (χ2n) is 3.11. The zero-order valence-electron chi connectivity index (χ0n) is 9.50. The summed E-state index contributed by atoms with van der Waals surface area (Å²) < 4.78 is 10.4. The summed E-state index contributed by atoms with van der Waals surface area (Å²) in [5, 5.41) is 13.6. The summed E-state index contributed by atoms with van der Waals surface area (Å²) in [7, 11) is 3.05. The topological polar surface area (TPSA) is 101 Å². The van der Waals surface area contributed by atoms with E-state index in [-0.39, 0.29) is 28.6 Å². The largest absolute Gasteiger partial charge is 0.367 e. The minimum absolute atomic E-state index is 0.0789. The van der Waals surface area contributed by atoms with Gasteiger partial charge in [0.2, 0.25) is 11.6 Å². The van der Waals surface area contributed by atoms with E-state index in [1.807, 2.05) is 0 Å². The maximum atomic E-state index is 11.0. The van der Waals surface area contributed by atoms with Gasteiger partial charge in [-0.1, -0.05) is 0 Å². The fourth-order valence-corrected chi connectivity index (χ4v) is 1.48. The Morgan fingerprint density at radius 2 is 2.18 bits per heavy atom. The molecule has 0 atom stereocenters. The van der Waals surface area contributed by atoms with Gasteiger partial charge in [0.25, 0.3) is 0 Å². The van der Waals surface area contributed by atoms with Crippen LogP contribution in [0, 0.1) is 17.0 Å². The molecule has 0 saturated carbocycles. The second-order valence-corrected chi connectivity index (χ2v) is 3.51. The van der Waals surface area contributed by atoms with Crippen LogP contribution < -0.4 is 10.2 Å². The van der Waals surface area contributed by atoms with Crippen LogP contribution in [0.1, 0.15) is 5.82 Å². The molecule has 0 aliphatic carbocycles. The van der Waals surface area contributed by atoms with Crippen molar-refractivity contribution in [2.75, 3.05) is 24.3 Å². The summed E-state index contributed by atoms with van der Waals surface area (Å²) in [5.41, 5.74) is 0.930. The maximum absolute atomic E-state index is 11.0. The van der Waals surface area contributed by atoms with Crippen molar-refractivity contribution in [3.63, 3.8) is 0 Å². The quantitative estimate of drug-likeness (QED) is 0.465. The van der Waals surface area contributed by atoms with Gasteiger partial charge in [-0.3, -0.25) is 10.1 Å². The SMILES string of the molecule is CNc1nc(C)nc(N(C)C=S=O)c1[N+](=O)[O-]. The van der Waals surface area contributed by atoms with Gasteiger partial charge >= 0.3 is 5.69 Å². The highest BCUT2D eigenvalue weighted by atomic mass is 32.1. The summed E-state index contributed by atoms with van der Waals surface area (Å²) in [6, 6.07) is 0. The molecule has 0 aromatic carbocycles. The second kappa shape index (κ2) is 5.34. The molecule has 9 heteroatoms. The fraction of sp³-hybridized carbons (Fsp3) is 0.375. The zero-order chi connectivity index (χ0) is 13.0. The highest BCUT2D eigenvalue weighted by molar-refractivity contribution is 7.65. The molecule has 1 rings (SSSR count). The molecule has 0 spiro atoms. The molecule has 1 aromatic heterocycles. The van der Waals surface area contributed by atoms with Gasteiger partial charge in [-0.25, -0.2) is 14.2 Å². The number of rotatable bonds is 4. The van der Waals surface area contributed by atoms with E-state index in [2.05, 4.69) is 15.3 Å². The fourth-order valence-electron chi connectivity index (χ4n) is 1.25. The summed E-state index contributed by atoms with van der Waals surface area (Å²) in [6.45, 7) is 1.62. The molecular weight excluding hydrogens is 246 g/mol. The molecule has 92 valence electrons. The van der Waals surface area contributed by atoms with Crippen molar-refractivity contribution in [2.45, 2.75) is 6.92 Å². The molecule has 0 unspecified atom stereocenters. The van der Waals surface area contributed by atoms with Gasteiger partial charge < -0.3 is 10.2 Å². The van der Waals surface area contributed by atoms with Crippen LogP contribution >= 0.6 is 0 Å². The molecule has 17 heavy (non-hydrogen) atoms. The minimum atomic E-state index is -0.583. The van der Waals surface area contributed by atoms with E-state index in [1.54, 1.807) is 6.92 Å². The van der Waals surface area contributed by atoms with Crippen molar-refractivity contribution >= 4 is 34.1 Å². The number of hydrogen-bond donors (Lipinski definition) is 1. The molecule has 0 radical (unpaired) electrons. The monoisotopic (exact) mass is 257 g/mol. The average molecular weight is 257 g/mol. The molecule has 1 heterocycles. The molecular formula is C8H11N5O3S. The van der Waals surface area contributed by atoms with Crippen molar-refractivity contribution < 1.29 is 9.13 Å². The van der Waals surface area contributed by atoms with Crippen LogP contribution in [0.2, 0.25) is 0 Å². The van der Waals surface area contributed by atoms with Gasteiger partial charge in [-0.05, 0) is 6.92 Å². The van der Waals surface area contributed by atoms with E-state index >= 15 is 0 Å². The molecule has 8 nitrogen and oxygen atoms in total. The Hall–Kier alpha value is -2.03. The van der Waals surface area contributed by atoms with E-state index in [4.69, 9.17) is 0 Å². The maximum Gasteiger partial charge on any atom is 0.353 e. The Labute approximate surface area is 101 Å². The van der Waals surface area contributed by atoms with Crippen LogP contribution in [0.4, 0.5) is 17.3 Å². The average Bonchev–Trinajstić information content (AvgIpc) is 2.27. The van der Waals surface area contributed by atoms with Crippen molar-refractivity contribution in [1.82, 2.24) is 9.97 Å². The number of nitro groups is 1. The lowest BCUT2D eigenvalue weighted by atomic mass is 10.4. The minimum Gasteiger partial charge on any atom is -0.367 e. The normalized spacial score (nSPS) is 9.59. The van der Waals surface area contributed by atoms with E-state index < -0.39 is 4.92 Å². The van der Waals surface area contributed by atoms with Gasteiger partial charge in [0.1, 0.15) is 22.6 Å². The number of nitrogens with one attached hydrogen (secondary N) is 1. The van der Waals surface area contributed by atoms with Crippen LogP contribution in [0.5, 0.6) is 0 Å². The predicted molar refractivity (Wildman–Crippen MR) is 65.6 cm³/mol. The molecule has 0 amide bonds. The molecule has 0 aliphatic heterocycles. The smallest absolute Gasteiger partial charge is 0.353 e. The molecule has 0 fully saturated rings. The highest BCUT2D eigenvalue weighted by Crippen LogP contribution is 2.30. The lowest BCUT2D eigenvalue weighted by Gasteiger charge is -2.13. The zero-order valence-corrected chi connectivity index (χ0v) is 10.3. The van der Waals surface area contributed by atoms with E-state index in [0.29, 0.717) is 5.82 Å². The third-order valence-electron chi connectivity index (χ3n) is 1.93. The Balaban J connectivity index is 3.50. The van der Waals surface area contributed by atoms with Gasteiger partial charge in [-0.2, -0.15) is 0 Å². The van der Waals surface area contributed by atoms with Crippen molar-refractivity contribution in [2.24, 2.45) is 0 Å². The van der Waals surface area contributed by atoms with Gasteiger partial charge in [0.15, 0.2) is 0 Å². The van der Waals surface area contributed by atoms with Gasteiger partial charge in [0, 0.05) is 14.1 Å². The van der Waals surface area contributed by atoms with E-state index in [9.17, 15) is 14.3 Å². The number of anilines is 2. The Morgan fingerprint density at radius 3 is 2.65 bits per heavy atom. The lowest BCUT2D eigenvalue weighted by molar-refractivity contribution is -0.383. The van der Waals surface area contributed by atoms with Gasteiger partial charge in [0.05, 0.1) is 4.92 Å². The summed E-state index contributed by atoms with van der Waals surface area (Å²) in [4.78, 5) is 19.6. The first kappa shape index (κ1) is 13.0. The number of hydrogen-bond acceptors (Lipinski definition) is 6. The first-order chi connectivity index (χ1) is 8.01. The van der Waals surface area contributed by atoms with Crippen LogP contribution in [-0.2, 0) is 11.3 Å². The number of nitrogens with zero attached hydrogens (tertiary/aromatic N) is 4. The first-order valence-corrected chi connectivity index (χ1v) is 5.37. The van der Waals surface area contributed by atoms with Crippen molar-refractivity contribution in [3.05, 3.63) is 15.9 Å². The van der Waals surface area contributed by atoms with Crippen molar-refractivity contribution in [1.29, 1.82) is 0 Å². The van der Waals surface area contributed by atoms with Gasteiger partial charge in [-0.15, -0.1) is 0 Å². The third-order valence-corrected chi connectivity index (χ3v) is 2.33. The molecule has 0 saturated heterocycles. The summed E-state index contributed by atoms with van der Waals surface area (Å²) in [5.74, 6) is 0.579. The van der Waals surface area contributed by atoms with Crippen LogP contribution in [0.15, 0.2) is 0 Å². The Morgan fingerprint density at radius 1 is 1.53 bits per heavy atom. The lowest BCUT2D eigenvalue weighted by Crippen LogP contribution is -2.19. The van der Waals surface area contributed by atoms with Crippen LogP contribution in [0.3, 0.4) is 0 Å². The van der Waals surface area contributed by atoms with E-state index in [0.717, 1.165) is 0 Å². The molecule has 0 aliphatic rings. The number of aryl methyl sites for hydroxylation is 1. The Kier molecular flexibility index (Phi) is 4.10. The highest BCUT2D eigenvalue weighted by Gasteiger charge is 2.25. The Bertz CT molecular complexity index is 500. The van der Waals surface area contributed by atoms with E-state index in [1.165, 1.54) is 24.5 Å². The first-order valence-electron chi connectivity index (χ1n) is 4.56. The van der Waals surface area contributed by atoms with Crippen LogP contribution in [-0.4, -0.2) is 38.7 Å². The molecule has 1 N–H and O–H groups in total. The standard InChI is InChI=1S/C8H11N5O3S/c1-5-10-7(9-2)6(13(14)15)8(11-5)12(3)4-17-16/h4H,1-3H3,(H,9,10,11).